The molecule has 0 saturated carbocycles. The molecule has 0 aliphatic carbocycles. The molecule has 1 aromatic carbocycles. The van der Waals surface area contributed by atoms with E-state index >= 15 is 0 Å². The van der Waals surface area contributed by atoms with Gasteiger partial charge in [0.2, 0.25) is 35.8 Å². The predicted molar refractivity (Wildman–Crippen MR) is 158 cm³/mol. The summed E-state index contributed by atoms with van der Waals surface area (Å²) >= 11 is 0. The first-order chi connectivity index (χ1) is 21.5. The number of aromatic hydroxyl groups is 1. The summed E-state index contributed by atoms with van der Waals surface area (Å²) in [6.07, 6.45) is -2.47. The lowest BCUT2D eigenvalue weighted by Gasteiger charge is -2.39. The van der Waals surface area contributed by atoms with Crippen molar-refractivity contribution in [3.8, 4) is 5.75 Å². The minimum atomic E-state index is -1.61. The summed E-state index contributed by atoms with van der Waals surface area (Å²) in [4.78, 5) is 90.3. The number of carboxylic acid groups (broad SMARTS) is 1. The summed E-state index contributed by atoms with van der Waals surface area (Å²) in [6, 6.07) is -2.05. The number of aliphatic hydroxyl groups is 1. The Bertz CT molecular complexity index is 1380. The summed E-state index contributed by atoms with van der Waals surface area (Å²) < 4.78 is 4.71. The smallest absolute Gasteiger partial charge is 0.310 e. The molecule has 16 nitrogen and oxygen atoms in total. The van der Waals surface area contributed by atoms with Gasteiger partial charge in [0.1, 0.15) is 36.0 Å². The molecule has 2 aliphatic heterocycles. The number of amides is 5. The number of carboxylic acids is 1. The molecule has 1 saturated heterocycles. The molecule has 1 aromatic rings. The van der Waals surface area contributed by atoms with Crippen LogP contribution in [0.2, 0.25) is 0 Å². The highest BCUT2D eigenvalue weighted by Gasteiger charge is 2.43. The van der Waals surface area contributed by atoms with Gasteiger partial charge in [-0.3, -0.25) is 33.6 Å². The van der Waals surface area contributed by atoms with Crippen LogP contribution in [0, 0.1) is 11.8 Å². The third-order valence-electron chi connectivity index (χ3n) is 7.75. The molecule has 0 aromatic heterocycles. The van der Waals surface area contributed by atoms with Gasteiger partial charge in [0.05, 0.1) is 12.8 Å². The normalized spacial score (nSPS) is 21.0. The number of carbonyl (C=O) groups excluding carboxylic acids is 6. The van der Waals surface area contributed by atoms with E-state index in [2.05, 4.69) is 21.3 Å². The first-order valence-electron chi connectivity index (χ1n) is 14.9. The molecule has 252 valence electrons. The molecule has 0 radical (unpaired) electrons. The predicted octanol–water partition coefficient (Wildman–Crippen LogP) is -1.17. The molecule has 0 bridgehead atoms. The lowest BCUT2D eigenvalue weighted by molar-refractivity contribution is -0.156. The number of rotatable bonds is 12. The Kier molecular flexibility index (Phi) is 11.7. The van der Waals surface area contributed by atoms with Gasteiger partial charge in [-0.2, -0.15) is 0 Å². The molecule has 6 atom stereocenters. The molecule has 46 heavy (non-hydrogen) atoms. The minimum absolute atomic E-state index is 0.0167. The number of esters is 1. The average Bonchev–Trinajstić information content (AvgIpc) is 3.27. The number of aliphatic hydroxyl groups excluding tert-OH is 1. The first-order valence-corrected chi connectivity index (χ1v) is 14.9. The van der Waals surface area contributed by atoms with Crippen molar-refractivity contribution in [2.24, 2.45) is 11.8 Å². The van der Waals surface area contributed by atoms with Gasteiger partial charge >= 0.3 is 11.9 Å². The van der Waals surface area contributed by atoms with Gasteiger partial charge in [-0.05, 0) is 41.5 Å². The summed E-state index contributed by atoms with van der Waals surface area (Å²) in [7, 11) is 0. The van der Waals surface area contributed by atoms with E-state index in [0.29, 0.717) is 11.1 Å². The van der Waals surface area contributed by atoms with Gasteiger partial charge in [-0.1, -0.05) is 33.8 Å². The Balaban J connectivity index is 1.89. The van der Waals surface area contributed by atoms with Crippen LogP contribution >= 0.6 is 0 Å². The van der Waals surface area contributed by atoms with Crippen molar-refractivity contribution in [2.45, 2.75) is 90.4 Å². The molecule has 2 aliphatic rings. The van der Waals surface area contributed by atoms with Gasteiger partial charge in [0, 0.05) is 13.5 Å². The van der Waals surface area contributed by atoms with Crippen LogP contribution in [0.25, 0.3) is 0 Å². The SMILES string of the molecule is CC(=O)N[C@H](C(=O)N[C@@H](CC(=O)O)C(=O)N[C@H](C(=O)N1CCc2cc(O)ccc2C1C(=O)N[C@H]1CC(=O)OC1O)C(C)C)C(C)C. The van der Waals surface area contributed by atoms with Crippen LogP contribution in [-0.2, 0) is 44.7 Å². The number of ether oxygens (including phenoxy) is 1. The standard InChI is InChI=1S/C30H41N5O11/c1-13(2)23(31-15(5)36)27(42)32-19(11-21(38)39)26(41)34-24(14(3)4)29(44)35-9-8-16-10-17(37)6-7-18(16)25(35)28(43)33-20-12-22(40)46-30(20)45/h6-7,10,13-14,19-20,23-25,30,37,45H,8-9,11-12H2,1-5H3,(H,31,36)(H,32,42)(H,33,43)(H,34,41)(H,38,39)/t19-,20-,23-,24-,25?,30?/m0/s1. The Hall–Kier alpha value is -4.73. The fourth-order valence-corrected chi connectivity index (χ4v) is 5.41. The number of benzene rings is 1. The van der Waals surface area contributed by atoms with Gasteiger partial charge in [-0.15, -0.1) is 0 Å². The van der Waals surface area contributed by atoms with E-state index in [4.69, 9.17) is 4.74 Å². The van der Waals surface area contributed by atoms with Gasteiger partial charge in [-0.25, -0.2) is 0 Å². The summed E-state index contributed by atoms with van der Waals surface area (Å²) in [6.45, 7) is 7.76. The van der Waals surface area contributed by atoms with Crippen LogP contribution in [0.5, 0.6) is 5.75 Å². The molecule has 3 rings (SSSR count). The number of nitrogens with zero attached hydrogens (tertiary/aromatic N) is 1. The molecule has 7 N–H and O–H groups in total. The van der Waals surface area contributed by atoms with Crippen LogP contribution in [0.1, 0.15) is 64.6 Å². The zero-order valence-electron chi connectivity index (χ0n) is 26.2. The molecule has 2 unspecified atom stereocenters. The van der Waals surface area contributed by atoms with E-state index in [1.54, 1.807) is 27.7 Å². The van der Waals surface area contributed by atoms with E-state index in [-0.39, 0.29) is 25.1 Å². The fraction of sp³-hybridized carbons (Fsp3) is 0.567. The maximum Gasteiger partial charge on any atom is 0.310 e. The van der Waals surface area contributed by atoms with E-state index in [9.17, 15) is 48.9 Å². The molecule has 2 heterocycles. The quantitative estimate of drug-likeness (QED) is 0.133. The Morgan fingerprint density at radius 3 is 2.17 bits per heavy atom. The lowest BCUT2D eigenvalue weighted by atomic mass is 9.90. The number of cyclic esters (lactones) is 1. The molecule has 1 fully saturated rings. The van der Waals surface area contributed by atoms with Crippen LogP contribution in [0.15, 0.2) is 18.2 Å². The summed E-state index contributed by atoms with van der Waals surface area (Å²) in [5, 5.41) is 39.5. The highest BCUT2D eigenvalue weighted by molar-refractivity contribution is 5.97. The highest BCUT2D eigenvalue weighted by Crippen LogP contribution is 2.33. The number of nitrogens with one attached hydrogen (secondary N) is 4. The van der Waals surface area contributed by atoms with E-state index in [0.717, 1.165) is 0 Å². The number of hydrogen-bond acceptors (Lipinski definition) is 10. The van der Waals surface area contributed by atoms with Gasteiger partial charge in [0.15, 0.2) is 0 Å². The summed E-state index contributed by atoms with van der Waals surface area (Å²) in [5.74, 6) is -6.86. The number of fused-ring (bicyclic) bond motifs is 1. The van der Waals surface area contributed by atoms with Crippen molar-refractivity contribution in [2.75, 3.05) is 6.54 Å². The van der Waals surface area contributed by atoms with E-state index in [1.165, 1.54) is 30.0 Å². The molecular formula is C30H41N5O11. The number of carbonyl (C=O) groups is 7. The minimum Gasteiger partial charge on any atom is -0.508 e. The topological polar surface area (TPSA) is 241 Å². The second kappa shape index (κ2) is 15.0. The van der Waals surface area contributed by atoms with Crippen molar-refractivity contribution < 1.29 is 53.6 Å². The van der Waals surface area contributed by atoms with Crippen LogP contribution in [0.4, 0.5) is 0 Å². The van der Waals surface area contributed by atoms with Crippen molar-refractivity contribution >= 4 is 41.5 Å². The van der Waals surface area contributed by atoms with Crippen molar-refractivity contribution in [1.29, 1.82) is 0 Å². The number of phenols is 1. The third kappa shape index (κ3) is 8.71. The zero-order chi connectivity index (χ0) is 34.5. The Labute approximate surface area is 265 Å². The van der Waals surface area contributed by atoms with Gasteiger partial charge in [0.25, 0.3) is 0 Å². The second-order valence-electron chi connectivity index (χ2n) is 12.1. The van der Waals surface area contributed by atoms with Crippen LogP contribution in [-0.4, -0.2) is 98.7 Å². The number of hydrogen-bond donors (Lipinski definition) is 7. The van der Waals surface area contributed by atoms with Gasteiger partial charge < -0.3 is 46.2 Å². The maximum absolute atomic E-state index is 14.1. The van der Waals surface area contributed by atoms with Crippen LogP contribution < -0.4 is 21.3 Å². The zero-order valence-corrected chi connectivity index (χ0v) is 26.2. The fourth-order valence-electron chi connectivity index (χ4n) is 5.41. The second-order valence-corrected chi connectivity index (χ2v) is 12.1. The Morgan fingerprint density at radius 1 is 0.978 bits per heavy atom. The third-order valence-corrected chi connectivity index (χ3v) is 7.75. The van der Waals surface area contributed by atoms with Crippen molar-refractivity contribution in [1.82, 2.24) is 26.2 Å². The highest BCUT2D eigenvalue weighted by atomic mass is 16.6. The van der Waals surface area contributed by atoms with Crippen molar-refractivity contribution in [3.05, 3.63) is 29.3 Å². The molecule has 0 spiro atoms. The molecular weight excluding hydrogens is 606 g/mol. The summed E-state index contributed by atoms with van der Waals surface area (Å²) in [5.41, 5.74) is 0.953. The lowest BCUT2D eigenvalue weighted by Crippen LogP contribution is -2.60. The largest absolute Gasteiger partial charge is 0.508 e. The number of phenolic OH excluding ortho intramolecular Hbond substituents is 1. The average molecular weight is 648 g/mol. The first kappa shape index (κ1) is 35.7. The maximum atomic E-state index is 14.1. The van der Waals surface area contributed by atoms with Crippen molar-refractivity contribution in [3.63, 3.8) is 0 Å². The van der Waals surface area contributed by atoms with Crippen LogP contribution in [0.3, 0.4) is 0 Å². The number of aliphatic carboxylic acids is 1. The van der Waals surface area contributed by atoms with E-state index in [1.807, 2.05) is 0 Å². The molecule has 16 heteroatoms. The monoisotopic (exact) mass is 647 g/mol. The molecule has 5 amide bonds. The van der Waals surface area contributed by atoms with E-state index < -0.39 is 96.2 Å². The Morgan fingerprint density at radius 2 is 1.63 bits per heavy atom.